The SMILES string of the molecule is CSc1nnc(-c2nnc(-c3nnc(SC)s3)s2)s1. The lowest BCUT2D eigenvalue weighted by atomic mass is 10.7. The number of nitrogens with zero attached hydrogens (tertiary/aromatic N) is 6. The Morgan fingerprint density at radius 2 is 0.947 bits per heavy atom. The summed E-state index contributed by atoms with van der Waals surface area (Å²) in [6.07, 6.45) is 3.95. The minimum absolute atomic E-state index is 0.772. The van der Waals surface area contributed by atoms with Crippen LogP contribution in [0.25, 0.3) is 20.0 Å². The first-order valence-corrected chi connectivity index (χ1v) is 9.79. The second-order valence-electron chi connectivity index (χ2n) is 3.07. The molecule has 0 radical (unpaired) electrons. The van der Waals surface area contributed by atoms with Gasteiger partial charge in [-0.15, -0.1) is 30.6 Å². The van der Waals surface area contributed by atoms with Crippen molar-refractivity contribution in [1.29, 1.82) is 0 Å². The van der Waals surface area contributed by atoms with E-state index in [1.165, 1.54) is 34.0 Å². The molecule has 0 saturated carbocycles. The fraction of sp³-hybridized carbons (Fsp3) is 0.250. The van der Waals surface area contributed by atoms with Gasteiger partial charge in [0.2, 0.25) is 0 Å². The van der Waals surface area contributed by atoms with Crippen LogP contribution in [-0.2, 0) is 0 Å². The molecule has 0 fully saturated rings. The van der Waals surface area contributed by atoms with Crippen LogP contribution in [0.15, 0.2) is 8.68 Å². The predicted octanol–water partition coefficient (Wildman–Crippen LogP) is 3.02. The number of rotatable bonds is 4. The van der Waals surface area contributed by atoms with Crippen molar-refractivity contribution in [1.82, 2.24) is 30.6 Å². The standard InChI is InChI=1S/C8H6N6S5/c1-15-7-13-11-5(18-7)3-9-10-4(17-3)6-12-14-8(16-2)19-6/h1-2H3. The zero-order valence-electron chi connectivity index (χ0n) is 9.72. The van der Waals surface area contributed by atoms with Crippen molar-refractivity contribution in [2.24, 2.45) is 0 Å². The highest BCUT2D eigenvalue weighted by molar-refractivity contribution is 8.00. The molecule has 0 aliphatic carbocycles. The van der Waals surface area contributed by atoms with Crippen molar-refractivity contribution >= 4 is 57.5 Å². The molecule has 0 atom stereocenters. The van der Waals surface area contributed by atoms with Crippen LogP contribution in [-0.4, -0.2) is 43.1 Å². The average Bonchev–Trinajstić information content (AvgIpc) is 3.16. The van der Waals surface area contributed by atoms with Crippen molar-refractivity contribution in [3.8, 4) is 20.0 Å². The normalized spacial score (nSPS) is 11.1. The number of thioether (sulfide) groups is 2. The quantitative estimate of drug-likeness (QED) is 0.667. The van der Waals surface area contributed by atoms with Gasteiger partial charge in [0, 0.05) is 0 Å². The summed E-state index contributed by atoms with van der Waals surface area (Å²) in [5.74, 6) is 0. The summed E-state index contributed by atoms with van der Waals surface area (Å²) in [6, 6.07) is 0. The summed E-state index contributed by atoms with van der Waals surface area (Å²) in [5.41, 5.74) is 0. The Morgan fingerprint density at radius 3 is 1.32 bits per heavy atom. The molecule has 0 amide bonds. The number of aromatic nitrogens is 6. The van der Waals surface area contributed by atoms with Gasteiger partial charge in [0.05, 0.1) is 0 Å². The fourth-order valence-electron chi connectivity index (χ4n) is 1.15. The van der Waals surface area contributed by atoms with Crippen LogP contribution >= 0.6 is 57.5 Å². The Kier molecular flexibility index (Phi) is 4.07. The van der Waals surface area contributed by atoms with Crippen LogP contribution in [0.3, 0.4) is 0 Å². The summed E-state index contributed by atoms with van der Waals surface area (Å²) < 4.78 is 1.85. The topological polar surface area (TPSA) is 77.3 Å². The molecule has 0 bridgehead atoms. The van der Waals surface area contributed by atoms with Crippen molar-refractivity contribution in [2.75, 3.05) is 12.5 Å². The number of hydrogen-bond acceptors (Lipinski definition) is 11. The van der Waals surface area contributed by atoms with E-state index in [1.807, 2.05) is 12.5 Å². The second kappa shape index (κ2) is 5.79. The van der Waals surface area contributed by atoms with Crippen LogP contribution in [0.1, 0.15) is 0 Å². The maximum atomic E-state index is 4.14. The molecule has 11 heteroatoms. The highest BCUT2D eigenvalue weighted by Crippen LogP contribution is 2.35. The third-order valence-electron chi connectivity index (χ3n) is 1.95. The third-order valence-corrected chi connectivity index (χ3v) is 6.96. The molecule has 3 heterocycles. The van der Waals surface area contributed by atoms with Crippen LogP contribution < -0.4 is 0 Å². The van der Waals surface area contributed by atoms with Gasteiger partial charge < -0.3 is 0 Å². The summed E-state index contributed by atoms with van der Waals surface area (Å²) in [4.78, 5) is 0. The summed E-state index contributed by atoms with van der Waals surface area (Å²) in [7, 11) is 0. The molecule has 0 aliphatic rings. The van der Waals surface area contributed by atoms with Gasteiger partial charge in [-0.2, -0.15) is 0 Å². The van der Waals surface area contributed by atoms with E-state index >= 15 is 0 Å². The molecule has 0 N–H and O–H groups in total. The molecule has 6 nitrogen and oxygen atoms in total. The molecule has 98 valence electrons. The van der Waals surface area contributed by atoms with Gasteiger partial charge in [-0.05, 0) is 12.5 Å². The Labute approximate surface area is 129 Å². The maximum Gasteiger partial charge on any atom is 0.179 e. The van der Waals surface area contributed by atoms with Crippen LogP contribution in [0.2, 0.25) is 0 Å². The molecule has 3 aromatic heterocycles. The van der Waals surface area contributed by atoms with E-state index in [2.05, 4.69) is 30.6 Å². The molecule has 0 aromatic carbocycles. The zero-order chi connectivity index (χ0) is 13.2. The lowest BCUT2D eigenvalue weighted by molar-refractivity contribution is 0.999. The molecule has 19 heavy (non-hydrogen) atoms. The Balaban J connectivity index is 1.90. The number of hydrogen-bond donors (Lipinski definition) is 0. The van der Waals surface area contributed by atoms with Crippen molar-refractivity contribution in [2.45, 2.75) is 8.68 Å². The van der Waals surface area contributed by atoms with Crippen molar-refractivity contribution < 1.29 is 0 Å². The smallest absolute Gasteiger partial charge is 0.135 e. The average molecular weight is 347 g/mol. The first-order valence-electron chi connectivity index (χ1n) is 4.89. The minimum atomic E-state index is 0.772. The highest BCUT2D eigenvalue weighted by Gasteiger charge is 2.15. The lowest BCUT2D eigenvalue weighted by Crippen LogP contribution is -1.76. The third kappa shape index (κ3) is 2.79. The highest BCUT2D eigenvalue weighted by atomic mass is 32.2. The predicted molar refractivity (Wildman–Crippen MR) is 81.3 cm³/mol. The van der Waals surface area contributed by atoms with Crippen molar-refractivity contribution in [3.05, 3.63) is 0 Å². The van der Waals surface area contributed by atoms with E-state index in [1.54, 1.807) is 23.5 Å². The molecule has 3 aromatic rings. The van der Waals surface area contributed by atoms with Gasteiger partial charge in [-0.25, -0.2) is 0 Å². The minimum Gasteiger partial charge on any atom is -0.135 e. The summed E-state index contributed by atoms with van der Waals surface area (Å²) in [6.45, 7) is 0. The maximum absolute atomic E-state index is 4.14. The Hall–Kier alpha value is -0.620. The monoisotopic (exact) mass is 346 g/mol. The van der Waals surface area contributed by atoms with Gasteiger partial charge >= 0.3 is 0 Å². The van der Waals surface area contributed by atoms with E-state index in [0.717, 1.165) is 28.7 Å². The fourth-order valence-corrected chi connectivity index (χ4v) is 4.56. The summed E-state index contributed by atoms with van der Waals surface area (Å²) >= 11 is 7.64. The molecular weight excluding hydrogens is 340 g/mol. The Bertz CT molecular complexity index is 630. The van der Waals surface area contributed by atoms with E-state index in [9.17, 15) is 0 Å². The van der Waals surface area contributed by atoms with E-state index < -0.39 is 0 Å². The first-order chi connectivity index (χ1) is 9.30. The Morgan fingerprint density at radius 1 is 0.579 bits per heavy atom. The van der Waals surface area contributed by atoms with Gasteiger partial charge in [0.15, 0.2) is 28.7 Å². The summed E-state index contributed by atoms with van der Waals surface area (Å²) in [5, 5.41) is 27.7. The van der Waals surface area contributed by atoms with Crippen LogP contribution in [0, 0.1) is 0 Å². The van der Waals surface area contributed by atoms with Gasteiger partial charge in [0.25, 0.3) is 0 Å². The van der Waals surface area contributed by atoms with Gasteiger partial charge in [-0.1, -0.05) is 57.5 Å². The zero-order valence-corrected chi connectivity index (χ0v) is 13.8. The van der Waals surface area contributed by atoms with Crippen molar-refractivity contribution in [3.63, 3.8) is 0 Å². The van der Waals surface area contributed by atoms with E-state index in [0.29, 0.717) is 0 Å². The first kappa shape index (κ1) is 13.4. The van der Waals surface area contributed by atoms with Crippen LogP contribution in [0.5, 0.6) is 0 Å². The lowest BCUT2D eigenvalue weighted by Gasteiger charge is -1.82. The van der Waals surface area contributed by atoms with Gasteiger partial charge in [-0.3, -0.25) is 0 Å². The second-order valence-corrected chi connectivity index (χ2v) is 8.11. The van der Waals surface area contributed by atoms with E-state index in [-0.39, 0.29) is 0 Å². The molecular formula is C8H6N6S5. The molecule has 0 unspecified atom stereocenters. The molecule has 0 spiro atoms. The molecule has 3 rings (SSSR count). The van der Waals surface area contributed by atoms with E-state index in [4.69, 9.17) is 0 Å². The van der Waals surface area contributed by atoms with Crippen LogP contribution in [0.4, 0.5) is 0 Å². The largest absolute Gasteiger partial charge is 0.179 e. The molecule has 0 saturated heterocycles. The van der Waals surface area contributed by atoms with Gasteiger partial charge in [0.1, 0.15) is 0 Å². The molecule has 0 aliphatic heterocycles.